The summed E-state index contributed by atoms with van der Waals surface area (Å²) in [5.41, 5.74) is 1.87. The zero-order valence-corrected chi connectivity index (χ0v) is 21.7. The first-order valence-corrected chi connectivity index (χ1v) is 12.4. The van der Waals surface area contributed by atoms with Crippen LogP contribution in [0, 0.1) is 12.3 Å². The Morgan fingerprint density at radius 2 is 1.53 bits per heavy atom. The molecule has 2 saturated heterocycles. The number of carbonyl (C=O) groups is 2. The minimum atomic E-state index is -5.08. The number of hydrogen-bond donors (Lipinski definition) is 2. The summed E-state index contributed by atoms with van der Waals surface area (Å²) in [6.45, 7) is 9.42. The van der Waals surface area contributed by atoms with Crippen molar-refractivity contribution >= 4 is 23.3 Å². The highest BCUT2D eigenvalue weighted by Crippen LogP contribution is 2.40. The van der Waals surface area contributed by atoms with E-state index in [1.807, 2.05) is 29.3 Å². The van der Waals surface area contributed by atoms with Gasteiger partial charge < -0.3 is 10.2 Å². The van der Waals surface area contributed by atoms with E-state index in [0.29, 0.717) is 5.41 Å². The minimum Gasteiger partial charge on any atom is -0.475 e. The van der Waals surface area contributed by atoms with Crippen molar-refractivity contribution in [1.29, 1.82) is 0 Å². The number of carboxylic acid groups (broad SMARTS) is 2. The lowest BCUT2D eigenvalue weighted by molar-refractivity contribution is -0.193. The SMILES string of the molecule is Cc1ccc(CN2CCC3(CCCN(Cc4cnn(C)c4)C3)C2)s1.O=C(O)C(F)(F)F.O=C(O)C(F)(F)F. The monoisotopic (exact) mass is 572 g/mol. The van der Waals surface area contributed by atoms with Gasteiger partial charge in [0.2, 0.25) is 0 Å². The van der Waals surface area contributed by atoms with Crippen LogP contribution < -0.4 is 0 Å². The number of aryl methyl sites for hydroxylation is 2. The Kier molecular flexibility index (Phi) is 10.7. The first-order valence-electron chi connectivity index (χ1n) is 11.6. The molecule has 0 aliphatic carbocycles. The molecule has 0 radical (unpaired) electrons. The lowest BCUT2D eigenvalue weighted by Crippen LogP contribution is -2.44. The van der Waals surface area contributed by atoms with Gasteiger partial charge in [0, 0.05) is 54.7 Å². The van der Waals surface area contributed by atoms with E-state index in [1.165, 1.54) is 60.8 Å². The second kappa shape index (κ2) is 12.9. The van der Waals surface area contributed by atoms with Crippen LogP contribution in [0.4, 0.5) is 26.3 Å². The van der Waals surface area contributed by atoms with Crippen LogP contribution in [0.3, 0.4) is 0 Å². The third-order valence-corrected chi connectivity index (χ3v) is 7.07. The van der Waals surface area contributed by atoms with Crippen molar-refractivity contribution in [3.63, 3.8) is 0 Å². The molecular weight excluding hydrogens is 542 g/mol. The summed E-state index contributed by atoms with van der Waals surface area (Å²) in [4.78, 5) is 26.1. The van der Waals surface area contributed by atoms with Crippen molar-refractivity contribution in [2.24, 2.45) is 12.5 Å². The van der Waals surface area contributed by atoms with Crippen LogP contribution >= 0.6 is 11.3 Å². The van der Waals surface area contributed by atoms with Crippen LogP contribution in [0.5, 0.6) is 0 Å². The summed E-state index contributed by atoms with van der Waals surface area (Å²) in [5, 5.41) is 18.6. The summed E-state index contributed by atoms with van der Waals surface area (Å²) in [6.07, 6.45) is -1.90. The van der Waals surface area contributed by atoms with Gasteiger partial charge in [-0.25, -0.2) is 9.59 Å². The Labute approximate surface area is 219 Å². The first-order chi connectivity index (χ1) is 17.5. The molecule has 0 bridgehead atoms. The smallest absolute Gasteiger partial charge is 0.475 e. The van der Waals surface area contributed by atoms with E-state index in [9.17, 15) is 26.3 Å². The normalized spacial score (nSPS) is 20.4. The van der Waals surface area contributed by atoms with E-state index in [2.05, 4.69) is 40.2 Å². The number of rotatable bonds is 4. The fourth-order valence-corrected chi connectivity index (χ4v) is 5.48. The van der Waals surface area contributed by atoms with Crippen molar-refractivity contribution in [1.82, 2.24) is 19.6 Å². The average Bonchev–Trinajstić information content (AvgIpc) is 3.49. The average molecular weight is 573 g/mol. The summed E-state index contributed by atoms with van der Waals surface area (Å²) in [5.74, 6) is -5.51. The Balaban J connectivity index is 0.000000301. The fourth-order valence-electron chi connectivity index (χ4n) is 4.54. The molecule has 2 aromatic heterocycles. The van der Waals surface area contributed by atoms with Gasteiger partial charge in [-0.3, -0.25) is 14.5 Å². The van der Waals surface area contributed by atoms with Crippen LogP contribution in [0.15, 0.2) is 24.5 Å². The van der Waals surface area contributed by atoms with Crippen molar-refractivity contribution in [3.8, 4) is 0 Å². The number of piperidine rings is 1. The maximum absolute atomic E-state index is 10.6. The van der Waals surface area contributed by atoms with Gasteiger partial charge in [-0.05, 0) is 56.8 Å². The van der Waals surface area contributed by atoms with Crippen LogP contribution in [-0.2, 0) is 29.7 Å². The maximum Gasteiger partial charge on any atom is 0.490 e. The molecule has 1 unspecified atom stereocenters. The molecule has 1 spiro atoms. The van der Waals surface area contributed by atoms with E-state index in [0.717, 1.165) is 13.1 Å². The molecule has 0 saturated carbocycles. The minimum absolute atomic E-state index is 0.521. The molecule has 2 aromatic rings. The van der Waals surface area contributed by atoms with E-state index < -0.39 is 24.3 Å². The molecule has 4 heterocycles. The van der Waals surface area contributed by atoms with Gasteiger partial charge in [0.1, 0.15) is 0 Å². The van der Waals surface area contributed by atoms with Gasteiger partial charge in [-0.2, -0.15) is 31.4 Å². The predicted molar refractivity (Wildman–Crippen MR) is 126 cm³/mol. The molecule has 38 heavy (non-hydrogen) atoms. The third kappa shape index (κ3) is 10.3. The second-order valence-corrected chi connectivity index (χ2v) is 10.8. The number of nitrogens with zero attached hydrogens (tertiary/aromatic N) is 4. The Hall–Kier alpha value is -2.65. The molecule has 8 nitrogen and oxygen atoms in total. The van der Waals surface area contributed by atoms with Crippen LogP contribution in [0.25, 0.3) is 0 Å². The molecule has 2 aliphatic rings. The molecule has 15 heteroatoms. The Bertz CT molecular complexity index is 1050. The summed E-state index contributed by atoms with van der Waals surface area (Å²) in [6, 6.07) is 4.56. The van der Waals surface area contributed by atoms with Crippen LogP contribution in [-0.4, -0.2) is 80.3 Å². The van der Waals surface area contributed by atoms with Gasteiger partial charge in [0.15, 0.2) is 0 Å². The number of carboxylic acids is 2. The van der Waals surface area contributed by atoms with E-state index in [-0.39, 0.29) is 0 Å². The number of aromatic nitrogens is 2. The number of alkyl halides is 6. The maximum atomic E-state index is 10.6. The molecule has 1 atom stereocenters. The molecule has 4 rings (SSSR count). The van der Waals surface area contributed by atoms with Crippen molar-refractivity contribution in [2.45, 2.75) is 51.6 Å². The second-order valence-electron chi connectivity index (χ2n) is 9.42. The highest BCUT2D eigenvalue weighted by molar-refractivity contribution is 7.11. The van der Waals surface area contributed by atoms with Crippen molar-refractivity contribution < 1.29 is 46.1 Å². The molecule has 0 amide bonds. The quantitative estimate of drug-likeness (QED) is 0.519. The number of likely N-dealkylation sites (tertiary alicyclic amines) is 2. The van der Waals surface area contributed by atoms with E-state index >= 15 is 0 Å². The van der Waals surface area contributed by atoms with Crippen molar-refractivity contribution in [3.05, 3.63) is 39.8 Å². The lowest BCUT2D eigenvalue weighted by Gasteiger charge is -2.40. The fraction of sp³-hybridized carbons (Fsp3) is 0.609. The third-order valence-electron chi connectivity index (χ3n) is 6.08. The van der Waals surface area contributed by atoms with Gasteiger partial charge in [-0.15, -0.1) is 11.3 Å². The number of halogens is 6. The van der Waals surface area contributed by atoms with Gasteiger partial charge in [0.05, 0.1) is 6.20 Å². The topological polar surface area (TPSA) is 98.9 Å². The largest absolute Gasteiger partial charge is 0.490 e. The highest BCUT2D eigenvalue weighted by atomic mass is 32.1. The lowest BCUT2D eigenvalue weighted by atomic mass is 9.79. The summed E-state index contributed by atoms with van der Waals surface area (Å²) >= 11 is 1.95. The molecule has 0 aromatic carbocycles. The Morgan fingerprint density at radius 1 is 0.974 bits per heavy atom. The summed E-state index contributed by atoms with van der Waals surface area (Å²) in [7, 11) is 2.00. The molecule has 214 valence electrons. The van der Waals surface area contributed by atoms with Crippen LogP contribution in [0.1, 0.15) is 34.6 Å². The zero-order valence-electron chi connectivity index (χ0n) is 20.8. The summed E-state index contributed by atoms with van der Waals surface area (Å²) < 4.78 is 65.4. The molecular formula is C23H30F6N4O4S. The van der Waals surface area contributed by atoms with Gasteiger partial charge in [-0.1, -0.05) is 0 Å². The highest BCUT2D eigenvalue weighted by Gasteiger charge is 2.41. The molecule has 2 N–H and O–H groups in total. The standard InChI is InChI=1S/C19H28N4S.2C2HF3O2/c1-16-4-5-18(24-16)13-23-9-7-19(15-23)6-3-8-22(14-19)12-17-10-20-21(2)11-17;2*3-2(4,5)1(6)7/h4-5,10-11H,3,6-9,12-15H2,1-2H3;2*(H,6,7). The van der Waals surface area contributed by atoms with Crippen LogP contribution in [0.2, 0.25) is 0 Å². The first kappa shape index (κ1) is 31.6. The van der Waals surface area contributed by atoms with E-state index in [4.69, 9.17) is 19.8 Å². The predicted octanol–water partition coefficient (Wildman–Crippen LogP) is 4.54. The Morgan fingerprint density at radius 3 is 1.97 bits per heavy atom. The van der Waals surface area contributed by atoms with Gasteiger partial charge in [0.25, 0.3) is 0 Å². The molecule has 2 fully saturated rings. The van der Waals surface area contributed by atoms with E-state index in [1.54, 1.807) is 0 Å². The van der Waals surface area contributed by atoms with Gasteiger partial charge >= 0.3 is 24.3 Å². The zero-order chi connectivity index (χ0) is 28.7. The number of aliphatic carboxylic acids is 2. The number of hydrogen-bond acceptors (Lipinski definition) is 6. The van der Waals surface area contributed by atoms with Crippen molar-refractivity contribution in [2.75, 3.05) is 26.2 Å². The number of thiophene rings is 1. The molecule has 2 aliphatic heterocycles.